The fourth-order valence-electron chi connectivity index (χ4n) is 2.10. The number of methoxy groups -OCH3 is 1. The monoisotopic (exact) mass is 286 g/mol. The number of hydrogen-bond acceptors (Lipinski definition) is 4. The van der Waals surface area contributed by atoms with Crippen molar-refractivity contribution in [1.29, 1.82) is 0 Å². The molecule has 1 N–H and O–H groups in total. The van der Waals surface area contributed by atoms with E-state index in [1.807, 2.05) is 44.2 Å². The van der Waals surface area contributed by atoms with Crippen molar-refractivity contribution in [1.82, 2.24) is 4.98 Å². The Morgan fingerprint density at radius 2 is 1.86 bits per heavy atom. The van der Waals surface area contributed by atoms with Crippen molar-refractivity contribution in [3.8, 4) is 11.5 Å². The fourth-order valence-corrected chi connectivity index (χ4v) is 2.10. The largest absolute Gasteiger partial charge is 0.496 e. The topological polar surface area (TPSA) is 43.4 Å². The Bertz CT molecular complexity index is 570. The predicted molar refractivity (Wildman–Crippen MR) is 85.2 cm³/mol. The molecule has 0 bridgehead atoms. The maximum atomic E-state index is 5.74. The first-order valence-electron chi connectivity index (χ1n) is 7.18. The van der Waals surface area contributed by atoms with Gasteiger partial charge in [0.2, 0.25) is 0 Å². The first-order valence-corrected chi connectivity index (χ1v) is 7.18. The molecule has 0 unspecified atom stereocenters. The Kier molecular flexibility index (Phi) is 5.43. The lowest BCUT2D eigenvalue weighted by Crippen LogP contribution is -2.11. The summed E-state index contributed by atoms with van der Waals surface area (Å²) < 4.78 is 11.1. The highest BCUT2D eigenvalue weighted by atomic mass is 16.5. The van der Waals surface area contributed by atoms with E-state index in [1.165, 1.54) is 5.56 Å². The van der Waals surface area contributed by atoms with Crippen molar-refractivity contribution >= 4 is 5.82 Å². The second kappa shape index (κ2) is 7.53. The summed E-state index contributed by atoms with van der Waals surface area (Å²) in [7, 11) is 1.69. The van der Waals surface area contributed by atoms with E-state index in [9.17, 15) is 0 Å². The molecule has 1 aromatic heterocycles. The Hall–Kier alpha value is -2.23. The van der Waals surface area contributed by atoms with E-state index in [1.54, 1.807) is 13.3 Å². The minimum Gasteiger partial charge on any atom is -0.496 e. The first kappa shape index (κ1) is 15.2. The zero-order chi connectivity index (χ0) is 15.1. The molecular weight excluding hydrogens is 264 g/mol. The zero-order valence-electron chi connectivity index (χ0n) is 12.8. The van der Waals surface area contributed by atoms with Crippen molar-refractivity contribution in [2.24, 2.45) is 0 Å². The lowest BCUT2D eigenvalue weighted by atomic mass is 10.1. The van der Waals surface area contributed by atoms with Crippen LogP contribution in [0.3, 0.4) is 0 Å². The van der Waals surface area contributed by atoms with E-state index < -0.39 is 0 Å². The second-order valence-electron chi connectivity index (χ2n) is 5.01. The molecule has 0 aliphatic rings. The minimum atomic E-state index is 0.129. The van der Waals surface area contributed by atoms with Crippen LogP contribution in [0.25, 0.3) is 0 Å². The quantitative estimate of drug-likeness (QED) is 0.845. The maximum absolute atomic E-state index is 5.74. The summed E-state index contributed by atoms with van der Waals surface area (Å²) in [5.41, 5.74) is 1.18. The van der Waals surface area contributed by atoms with Gasteiger partial charge in [-0.15, -0.1) is 0 Å². The van der Waals surface area contributed by atoms with Crippen LogP contribution in [-0.2, 0) is 6.42 Å². The summed E-state index contributed by atoms with van der Waals surface area (Å²) in [6.07, 6.45) is 2.75. The predicted octanol–water partition coefficient (Wildman–Crippen LogP) is 3.53. The molecule has 0 saturated carbocycles. The normalized spacial score (nSPS) is 10.5. The number of nitrogens with zero attached hydrogens (tertiary/aromatic N) is 1. The number of nitrogens with one attached hydrogen (secondary N) is 1. The molecule has 0 atom stereocenters. The maximum Gasteiger partial charge on any atom is 0.168 e. The molecule has 1 aromatic carbocycles. The minimum absolute atomic E-state index is 0.129. The molecule has 0 saturated heterocycles. The summed E-state index contributed by atoms with van der Waals surface area (Å²) in [5, 5.41) is 3.33. The van der Waals surface area contributed by atoms with Gasteiger partial charge >= 0.3 is 0 Å². The molecule has 112 valence electrons. The third kappa shape index (κ3) is 4.38. The number of anilines is 1. The number of hydrogen-bond donors (Lipinski definition) is 1. The zero-order valence-corrected chi connectivity index (χ0v) is 12.8. The van der Waals surface area contributed by atoms with Gasteiger partial charge in [0.15, 0.2) is 11.6 Å². The third-order valence-corrected chi connectivity index (χ3v) is 3.01. The number of benzene rings is 1. The highest BCUT2D eigenvalue weighted by Gasteiger charge is 2.07. The van der Waals surface area contributed by atoms with Crippen LogP contribution < -0.4 is 14.8 Å². The SMILES string of the molecule is COc1ccccc1CCNc1ncccc1OC(C)C. The van der Waals surface area contributed by atoms with Gasteiger partial charge in [-0.25, -0.2) is 4.98 Å². The molecule has 4 nitrogen and oxygen atoms in total. The highest BCUT2D eigenvalue weighted by Crippen LogP contribution is 2.23. The summed E-state index contributed by atoms with van der Waals surface area (Å²) in [6.45, 7) is 4.78. The van der Waals surface area contributed by atoms with Crippen LogP contribution in [0.15, 0.2) is 42.6 Å². The van der Waals surface area contributed by atoms with E-state index in [4.69, 9.17) is 9.47 Å². The molecule has 0 radical (unpaired) electrons. The van der Waals surface area contributed by atoms with Gasteiger partial charge in [0.1, 0.15) is 5.75 Å². The van der Waals surface area contributed by atoms with E-state index in [2.05, 4.69) is 16.4 Å². The molecule has 4 heteroatoms. The Morgan fingerprint density at radius 3 is 2.62 bits per heavy atom. The molecule has 0 aliphatic carbocycles. The van der Waals surface area contributed by atoms with Crippen LogP contribution in [0.2, 0.25) is 0 Å². The molecule has 21 heavy (non-hydrogen) atoms. The molecule has 2 rings (SSSR count). The van der Waals surface area contributed by atoms with E-state index in [-0.39, 0.29) is 6.10 Å². The second-order valence-corrected chi connectivity index (χ2v) is 5.01. The van der Waals surface area contributed by atoms with Crippen molar-refractivity contribution in [2.45, 2.75) is 26.4 Å². The van der Waals surface area contributed by atoms with Gasteiger partial charge in [-0.2, -0.15) is 0 Å². The van der Waals surface area contributed by atoms with Crippen molar-refractivity contribution < 1.29 is 9.47 Å². The molecule has 0 aliphatic heterocycles. The third-order valence-electron chi connectivity index (χ3n) is 3.01. The molecule has 0 amide bonds. The Balaban J connectivity index is 1.97. The average Bonchev–Trinajstić information content (AvgIpc) is 2.49. The summed E-state index contributed by atoms with van der Waals surface area (Å²) in [4.78, 5) is 4.34. The van der Waals surface area contributed by atoms with Gasteiger partial charge in [0.25, 0.3) is 0 Å². The van der Waals surface area contributed by atoms with Crippen LogP contribution >= 0.6 is 0 Å². The number of ether oxygens (including phenoxy) is 2. The van der Waals surface area contributed by atoms with Gasteiger partial charge in [0.05, 0.1) is 13.2 Å². The van der Waals surface area contributed by atoms with Crippen molar-refractivity contribution in [3.63, 3.8) is 0 Å². The standard InChI is InChI=1S/C17H22N2O2/c1-13(2)21-16-9-6-11-18-17(16)19-12-10-14-7-4-5-8-15(14)20-3/h4-9,11,13H,10,12H2,1-3H3,(H,18,19). The van der Waals surface area contributed by atoms with Crippen molar-refractivity contribution in [3.05, 3.63) is 48.2 Å². The molecular formula is C17H22N2O2. The molecule has 0 fully saturated rings. The lowest BCUT2D eigenvalue weighted by molar-refractivity contribution is 0.243. The van der Waals surface area contributed by atoms with Gasteiger partial charge in [0, 0.05) is 12.7 Å². The van der Waals surface area contributed by atoms with E-state index >= 15 is 0 Å². The first-order chi connectivity index (χ1) is 10.2. The highest BCUT2D eigenvalue weighted by molar-refractivity contribution is 5.49. The molecule has 2 aromatic rings. The van der Waals surface area contributed by atoms with Crippen LogP contribution in [-0.4, -0.2) is 24.7 Å². The van der Waals surface area contributed by atoms with Crippen LogP contribution in [0, 0.1) is 0 Å². The summed E-state index contributed by atoms with van der Waals surface area (Å²) >= 11 is 0. The number of rotatable bonds is 7. The molecule has 1 heterocycles. The smallest absolute Gasteiger partial charge is 0.168 e. The summed E-state index contributed by atoms with van der Waals surface area (Å²) in [5.74, 6) is 2.48. The van der Waals surface area contributed by atoms with Gasteiger partial charge < -0.3 is 14.8 Å². The summed E-state index contributed by atoms with van der Waals surface area (Å²) in [6, 6.07) is 11.9. The van der Waals surface area contributed by atoms with Gasteiger partial charge in [-0.1, -0.05) is 18.2 Å². The number of aromatic nitrogens is 1. The number of pyridine rings is 1. The Morgan fingerprint density at radius 1 is 1.10 bits per heavy atom. The number of para-hydroxylation sites is 1. The van der Waals surface area contributed by atoms with Gasteiger partial charge in [-0.05, 0) is 44.0 Å². The van der Waals surface area contributed by atoms with Crippen LogP contribution in [0.1, 0.15) is 19.4 Å². The van der Waals surface area contributed by atoms with Crippen molar-refractivity contribution in [2.75, 3.05) is 19.0 Å². The van der Waals surface area contributed by atoms with Crippen LogP contribution in [0.4, 0.5) is 5.82 Å². The fraction of sp³-hybridized carbons (Fsp3) is 0.353. The van der Waals surface area contributed by atoms with E-state index in [0.29, 0.717) is 0 Å². The Labute approximate surface area is 126 Å². The van der Waals surface area contributed by atoms with E-state index in [0.717, 1.165) is 30.3 Å². The average molecular weight is 286 g/mol. The van der Waals surface area contributed by atoms with Gasteiger partial charge in [-0.3, -0.25) is 0 Å². The lowest BCUT2D eigenvalue weighted by Gasteiger charge is -2.14. The van der Waals surface area contributed by atoms with Crippen LogP contribution in [0.5, 0.6) is 11.5 Å². The molecule has 0 spiro atoms.